The molecule has 0 aliphatic rings. The van der Waals surface area contributed by atoms with Crippen molar-refractivity contribution in [3.8, 4) is 0 Å². The van der Waals surface area contributed by atoms with Gasteiger partial charge in [0.05, 0.1) is 11.0 Å². The Morgan fingerprint density at radius 3 is 2.89 bits per heavy atom. The van der Waals surface area contributed by atoms with Gasteiger partial charge in [0.1, 0.15) is 0 Å². The van der Waals surface area contributed by atoms with Crippen molar-refractivity contribution >= 4 is 32.9 Å². The van der Waals surface area contributed by atoms with Gasteiger partial charge in [0, 0.05) is 10.5 Å². The van der Waals surface area contributed by atoms with E-state index in [1.54, 1.807) is 0 Å². The molecule has 4 heteroatoms. The lowest BCUT2D eigenvalue weighted by atomic mass is 10.1. The summed E-state index contributed by atoms with van der Waals surface area (Å²) < 4.78 is 3.19. The Hall–Kier alpha value is -1.03. The molecular formula is C14H20BrN3. The normalized spacial score (nSPS) is 13.1. The molecule has 3 nitrogen and oxygen atoms in total. The fraction of sp³-hybridized carbons (Fsp3) is 0.500. The molecule has 1 atom stereocenters. The van der Waals surface area contributed by atoms with Gasteiger partial charge in [-0.1, -0.05) is 42.1 Å². The summed E-state index contributed by atoms with van der Waals surface area (Å²) in [5, 5.41) is 0. The lowest BCUT2D eigenvalue weighted by molar-refractivity contribution is 0.492. The van der Waals surface area contributed by atoms with Crippen molar-refractivity contribution in [3.63, 3.8) is 0 Å². The van der Waals surface area contributed by atoms with Gasteiger partial charge in [0.15, 0.2) is 0 Å². The van der Waals surface area contributed by atoms with Gasteiger partial charge in [-0.2, -0.15) is 0 Å². The molecule has 1 aromatic carbocycles. The minimum atomic E-state index is 0.405. The van der Waals surface area contributed by atoms with Crippen LogP contribution < -0.4 is 5.73 Å². The van der Waals surface area contributed by atoms with Crippen molar-refractivity contribution in [2.45, 2.75) is 45.6 Å². The third-order valence-corrected chi connectivity index (χ3v) is 3.84. The zero-order valence-corrected chi connectivity index (χ0v) is 12.6. The maximum absolute atomic E-state index is 6.05. The lowest BCUT2D eigenvalue weighted by Crippen LogP contribution is -2.08. The number of nitrogens with two attached hydrogens (primary N) is 1. The summed E-state index contributed by atoms with van der Waals surface area (Å²) in [6, 6.07) is 6.54. The van der Waals surface area contributed by atoms with E-state index in [-0.39, 0.29) is 0 Å². The second-order valence-corrected chi connectivity index (χ2v) is 5.73. The summed E-state index contributed by atoms with van der Waals surface area (Å²) in [5.74, 6) is 0.618. The van der Waals surface area contributed by atoms with Crippen LogP contribution in [0.5, 0.6) is 0 Å². The molecule has 0 saturated heterocycles. The maximum atomic E-state index is 6.05. The molecule has 0 fully saturated rings. The van der Waals surface area contributed by atoms with Crippen LogP contribution in [0.1, 0.15) is 45.6 Å². The zero-order valence-electron chi connectivity index (χ0n) is 11.0. The van der Waals surface area contributed by atoms with Crippen molar-refractivity contribution in [2.24, 2.45) is 0 Å². The standard InChI is InChI=1S/C14H20BrN3/c1-3-4-5-6-10(2)18-13-8-7-11(15)9-12(13)17-14(18)16/h7-10H,3-6H2,1-2H3,(H2,16,17). The van der Waals surface area contributed by atoms with E-state index in [0.717, 1.165) is 21.9 Å². The second-order valence-electron chi connectivity index (χ2n) is 4.82. The topological polar surface area (TPSA) is 43.8 Å². The smallest absolute Gasteiger partial charge is 0.201 e. The van der Waals surface area contributed by atoms with Crippen LogP contribution in [0.4, 0.5) is 5.95 Å². The Morgan fingerprint density at radius 2 is 2.17 bits per heavy atom. The first-order valence-corrected chi connectivity index (χ1v) is 7.35. The number of rotatable bonds is 5. The lowest BCUT2D eigenvalue weighted by Gasteiger charge is -2.15. The molecule has 1 heterocycles. The van der Waals surface area contributed by atoms with Crippen LogP contribution in [-0.2, 0) is 0 Å². The number of benzene rings is 1. The Morgan fingerprint density at radius 1 is 1.39 bits per heavy atom. The van der Waals surface area contributed by atoms with E-state index in [2.05, 4.69) is 45.4 Å². The summed E-state index contributed by atoms with van der Waals surface area (Å²) in [4.78, 5) is 4.43. The quantitative estimate of drug-likeness (QED) is 0.825. The van der Waals surface area contributed by atoms with E-state index >= 15 is 0 Å². The molecular weight excluding hydrogens is 290 g/mol. The molecule has 98 valence electrons. The number of aromatic nitrogens is 2. The van der Waals surface area contributed by atoms with Gasteiger partial charge in [-0.15, -0.1) is 0 Å². The number of unbranched alkanes of at least 4 members (excludes halogenated alkanes) is 2. The highest BCUT2D eigenvalue weighted by Gasteiger charge is 2.13. The van der Waals surface area contributed by atoms with E-state index in [4.69, 9.17) is 5.73 Å². The van der Waals surface area contributed by atoms with E-state index in [1.165, 1.54) is 19.3 Å². The average Bonchev–Trinajstić information content (AvgIpc) is 2.64. The van der Waals surface area contributed by atoms with E-state index in [1.807, 2.05) is 12.1 Å². The molecule has 2 aromatic rings. The number of nitrogen functional groups attached to an aromatic ring is 1. The van der Waals surface area contributed by atoms with Gasteiger partial charge in [0.25, 0.3) is 0 Å². The molecule has 0 aliphatic carbocycles. The molecule has 0 bridgehead atoms. The van der Waals surface area contributed by atoms with Crippen molar-refractivity contribution < 1.29 is 0 Å². The van der Waals surface area contributed by atoms with Crippen LogP contribution in [-0.4, -0.2) is 9.55 Å². The van der Waals surface area contributed by atoms with E-state index < -0.39 is 0 Å². The number of halogens is 1. The molecule has 0 radical (unpaired) electrons. The number of anilines is 1. The summed E-state index contributed by atoms with van der Waals surface area (Å²) in [7, 11) is 0. The van der Waals surface area contributed by atoms with Crippen LogP contribution in [0.25, 0.3) is 11.0 Å². The summed E-state index contributed by atoms with van der Waals surface area (Å²) in [6.45, 7) is 4.44. The van der Waals surface area contributed by atoms with Crippen molar-refractivity contribution in [3.05, 3.63) is 22.7 Å². The Balaban J connectivity index is 2.29. The first kappa shape index (κ1) is 13.4. The third-order valence-electron chi connectivity index (χ3n) is 3.35. The number of nitrogens with zero attached hydrogens (tertiary/aromatic N) is 2. The molecule has 0 saturated carbocycles. The van der Waals surface area contributed by atoms with Crippen molar-refractivity contribution in [2.75, 3.05) is 5.73 Å². The predicted molar refractivity (Wildman–Crippen MR) is 80.7 cm³/mol. The Kier molecular flexibility index (Phi) is 4.27. The van der Waals surface area contributed by atoms with Crippen LogP contribution >= 0.6 is 15.9 Å². The van der Waals surface area contributed by atoms with Gasteiger partial charge in [-0.3, -0.25) is 0 Å². The third kappa shape index (κ3) is 2.69. The molecule has 18 heavy (non-hydrogen) atoms. The van der Waals surface area contributed by atoms with Crippen LogP contribution in [0.3, 0.4) is 0 Å². The molecule has 2 N–H and O–H groups in total. The molecule has 1 aromatic heterocycles. The van der Waals surface area contributed by atoms with Crippen LogP contribution in [0.2, 0.25) is 0 Å². The highest BCUT2D eigenvalue weighted by atomic mass is 79.9. The van der Waals surface area contributed by atoms with Crippen molar-refractivity contribution in [1.82, 2.24) is 9.55 Å². The molecule has 0 spiro atoms. The monoisotopic (exact) mass is 309 g/mol. The van der Waals surface area contributed by atoms with Gasteiger partial charge >= 0.3 is 0 Å². The second kappa shape index (κ2) is 5.74. The number of fused-ring (bicyclic) bond motifs is 1. The first-order chi connectivity index (χ1) is 8.63. The summed E-state index contributed by atoms with van der Waals surface area (Å²) in [6.07, 6.45) is 4.93. The fourth-order valence-corrected chi connectivity index (χ4v) is 2.72. The van der Waals surface area contributed by atoms with Gasteiger partial charge in [-0.05, 0) is 31.5 Å². The van der Waals surface area contributed by atoms with Crippen LogP contribution in [0.15, 0.2) is 22.7 Å². The van der Waals surface area contributed by atoms with E-state index in [9.17, 15) is 0 Å². The van der Waals surface area contributed by atoms with Gasteiger partial charge in [-0.25, -0.2) is 4.98 Å². The fourth-order valence-electron chi connectivity index (χ4n) is 2.37. The molecule has 0 aliphatic heterocycles. The highest BCUT2D eigenvalue weighted by Crippen LogP contribution is 2.27. The number of hydrogen-bond acceptors (Lipinski definition) is 2. The average molecular weight is 310 g/mol. The van der Waals surface area contributed by atoms with Gasteiger partial charge in [0.2, 0.25) is 5.95 Å². The summed E-state index contributed by atoms with van der Waals surface area (Å²) >= 11 is 3.46. The number of imidazole rings is 1. The molecule has 1 unspecified atom stereocenters. The highest BCUT2D eigenvalue weighted by molar-refractivity contribution is 9.10. The minimum Gasteiger partial charge on any atom is -0.369 e. The van der Waals surface area contributed by atoms with Crippen LogP contribution in [0, 0.1) is 0 Å². The minimum absolute atomic E-state index is 0.405. The first-order valence-electron chi connectivity index (χ1n) is 6.56. The maximum Gasteiger partial charge on any atom is 0.201 e. The van der Waals surface area contributed by atoms with E-state index in [0.29, 0.717) is 12.0 Å². The van der Waals surface area contributed by atoms with Crippen molar-refractivity contribution in [1.29, 1.82) is 0 Å². The summed E-state index contributed by atoms with van der Waals surface area (Å²) in [5.41, 5.74) is 8.13. The zero-order chi connectivity index (χ0) is 13.1. The Labute approximate surface area is 117 Å². The predicted octanol–water partition coefficient (Wildman–Crippen LogP) is 4.52. The SMILES string of the molecule is CCCCCC(C)n1c(N)nc2cc(Br)ccc21. The molecule has 2 rings (SSSR count). The largest absolute Gasteiger partial charge is 0.369 e. The molecule has 0 amide bonds. The Bertz CT molecular complexity index is 533. The number of hydrogen-bond donors (Lipinski definition) is 1. The van der Waals surface area contributed by atoms with Gasteiger partial charge < -0.3 is 10.3 Å².